The third-order valence-electron chi connectivity index (χ3n) is 1.76. The van der Waals surface area contributed by atoms with E-state index in [1.807, 2.05) is 0 Å². The number of carbonyl (C=O) groups is 1. The average Bonchev–Trinajstić information content (AvgIpc) is 2.17. The van der Waals surface area contributed by atoms with Gasteiger partial charge in [0.25, 0.3) is 0 Å². The van der Waals surface area contributed by atoms with E-state index in [9.17, 15) is 9.90 Å². The van der Waals surface area contributed by atoms with Gasteiger partial charge in [-0.3, -0.25) is 4.79 Å². The van der Waals surface area contributed by atoms with E-state index < -0.39 is 0 Å². The minimum atomic E-state index is -0.0536. The molecule has 0 bridgehead atoms. The molecule has 68 valence electrons. The quantitative estimate of drug-likeness (QED) is 0.718. The lowest BCUT2D eigenvalue weighted by molar-refractivity contribution is 0.112. The summed E-state index contributed by atoms with van der Waals surface area (Å²) >= 11 is 0. The van der Waals surface area contributed by atoms with Gasteiger partial charge in [0.15, 0.2) is 17.8 Å². The Hall–Kier alpha value is -1.77. The molecule has 0 aromatic heterocycles. The second kappa shape index (κ2) is 3.76. The SMILES string of the molecule is C=Cc1c(C=O)ccc(OC)c1O. The molecule has 1 N–H and O–H groups in total. The predicted octanol–water partition coefficient (Wildman–Crippen LogP) is 1.86. The number of hydrogen-bond donors (Lipinski definition) is 1. The van der Waals surface area contributed by atoms with Gasteiger partial charge in [-0.1, -0.05) is 12.7 Å². The molecule has 3 heteroatoms. The lowest BCUT2D eigenvalue weighted by Gasteiger charge is -2.07. The second-order valence-electron chi connectivity index (χ2n) is 2.44. The monoisotopic (exact) mass is 178 g/mol. The van der Waals surface area contributed by atoms with Gasteiger partial charge in [0.2, 0.25) is 0 Å². The fourth-order valence-electron chi connectivity index (χ4n) is 1.09. The fraction of sp³-hybridized carbons (Fsp3) is 0.100. The molecule has 0 amide bonds. The summed E-state index contributed by atoms with van der Waals surface area (Å²) in [5, 5.41) is 9.55. The van der Waals surface area contributed by atoms with Gasteiger partial charge in [0.1, 0.15) is 0 Å². The Labute approximate surface area is 76.3 Å². The van der Waals surface area contributed by atoms with Crippen molar-refractivity contribution in [2.75, 3.05) is 7.11 Å². The highest BCUT2D eigenvalue weighted by molar-refractivity contribution is 5.84. The summed E-state index contributed by atoms with van der Waals surface area (Å²) in [5.41, 5.74) is 0.794. The third kappa shape index (κ3) is 1.54. The van der Waals surface area contributed by atoms with E-state index in [-0.39, 0.29) is 5.75 Å². The number of phenols is 1. The highest BCUT2D eigenvalue weighted by Crippen LogP contribution is 2.32. The number of aldehydes is 1. The van der Waals surface area contributed by atoms with E-state index in [1.54, 1.807) is 6.07 Å². The molecule has 0 saturated heterocycles. The number of ether oxygens (including phenoxy) is 1. The van der Waals surface area contributed by atoms with Crippen LogP contribution >= 0.6 is 0 Å². The van der Waals surface area contributed by atoms with Crippen LogP contribution in [0.25, 0.3) is 6.08 Å². The summed E-state index contributed by atoms with van der Waals surface area (Å²) in [6, 6.07) is 3.11. The minimum absolute atomic E-state index is 0.0536. The van der Waals surface area contributed by atoms with Crippen LogP contribution in [0, 0.1) is 0 Å². The third-order valence-corrected chi connectivity index (χ3v) is 1.76. The molecule has 1 aromatic rings. The highest BCUT2D eigenvalue weighted by Gasteiger charge is 2.09. The van der Waals surface area contributed by atoms with Crippen molar-refractivity contribution >= 4 is 12.4 Å². The topological polar surface area (TPSA) is 46.5 Å². The van der Waals surface area contributed by atoms with Gasteiger partial charge < -0.3 is 9.84 Å². The molecular formula is C10H10O3. The molecule has 13 heavy (non-hydrogen) atoms. The van der Waals surface area contributed by atoms with Crippen molar-refractivity contribution in [3.63, 3.8) is 0 Å². The Balaban J connectivity index is 3.39. The number of hydrogen-bond acceptors (Lipinski definition) is 3. The van der Waals surface area contributed by atoms with Gasteiger partial charge in [-0.2, -0.15) is 0 Å². The van der Waals surface area contributed by atoms with Crippen LogP contribution in [0.4, 0.5) is 0 Å². The smallest absolute Gasteiger partial charge is 0.165 e. The first-order valence-electron chi connectivity index (χ1n) is 3.72. The Kier molecular flexibility index (Phi) is 2.69. The summed E-state index contributed by atoms with van der Waals surface area (Å²) in [6.07, 6.45) is 2.08. The van der Waals surface area contributed by atoms with Crippen LogP contribution in [-0.2, 0) is 0 Å². The standard InChI is InChI=1S/C10H10O3/c1-3-8-7(6-11)4-5-9(13-2)10(8)12/h3-6,12H,1H2,2H3. The molecule has 0 saturated carbocycles. The average molecular weight is 178 g/mol. The van der Waals surface area contributed by atoms with Gasteiger partial charge in [-0.15, -0.1) is 0 Å². The predicted molar refractivity (Wildman–Crippen MR) is 50.1 cm³/mol. The summed E-state index contributed by atoms with van der Waals surface area (Å²) in [7, 11) is 1.45. The van der Waals surface area contributed by atoms with Crippen LogP contribution in [0.5, 0.6) is 11.5 Å². The van der Waals surface area contributed by atoms with E-state index >= 15 is 0 Å². The van der Waals surface area contributed by atoms with E-state index in [2.05, 4.69) is 6.58 Å². The fourth-order valence-corrected chi connectivity index (χ4v) is 1.09. The molecule has 0 atom stereocenters. The largest absolute Gasteiger partial charge is 0.504 e. The first-order valence-corrected chi connectivity index (χ1v) is 3.72. The van der Waals surface area contributed by atoms with Gasteiger partial charge in [0.05, 0.1) is 7.11 Å². The molecule has 0 radical (unpaired) electrons. The van der Waals surface area contributed by atoms with Crippen LogP contribution in [-0.4, -0.2) is 18.5 Å². The van der Waals surface area contributed by atoms with Crippen molar-refractivity contribution in [2.24, 2.45) is 0 Å². The molecule has 3 nitrogen and oxygen atoms in total. The van der Waals surface area contributed by atoms with Crippen molar-refractivity contribution in [3.05, 3.63) is 29.8 Å². The molecule has 0 unspecified atom stereocenters. The lowest BCUT2D eigenvalue weighted by Crippen LogP contribution is -1.90. The van der Waals surface area contributed by atoms with E-state index in [0.717, 1.165) is 0 Å². The van der Waals surface area contributed by atoms with Crippen molar-refractivity contribution in [3.8, 4) is 11.5 Å². The molecular weight excluding hydrogens is 168 g/mol. The van der Waals surface area contributed by atoms with Crippen molar-refractivity contribution in [1.29, 1.82) is 0 Å². The number of methoxy groups -OCH3 is 1. The zero-order valence-electron chi connectivity index (χ0n) is 7.28. The maximum Gasteiger partial charge on any atom is 0.165 e. The van der Waals surface area contributed by atoms with Crippen LogP contribution in [0.2, 0.25) is 0 Å². The summed E-state index contributed by atoms with van der Waals surface area (Å²) < 4.78 is 4.87. The van der Waals surface area contributed by atoms with Crippen molar-refractivity contribution < 1.29 is 14.6 Å². The summed E-state index contributed by atoms with van der Waals surface area (Å²) in [6.45, 7) is 3.50. The van der Waals surface area contributed by atoms with Gasteiger partial charge in [-0.05, 0) is 12.1 Å². The molecule has 1 rings (SSSR count). The number of carbonyl (C=O) groups excluding carboxylic acids is 1. The first kappa shape index (κ1) is 9.32. The van der Waals surface area contributed by atoms with Crippen molar-refractivity contribution in [1.82, 2.24) is 0 Å². The van der Waals surface area contributed by atoms with E-state index in [0.29, 0.717) is 23.2 Å². The van der Waals surface area contributed by atoms with Gasteiger partial charge in [-0.25, -0.2) is 0 Å². The Morgan fingerprint density at radius 1 is 1.54 bits per heavy atom. The molecule has 0 spiro atoms. The first-order chi connectivity index (χ1) is 6.24. The number of rotatable bonds is 3. The summed E-state index contributed by atoms with van der Waals surface area (Å²) in [4.78, 5) is 10.5. The number of aromatic hydroxyl groups is 1. The van der Waals surface area contributed by atoms with Crippen LogP contribution < -0.4 is 4.74 Å². The van der Waals surface area contributed by atoms with Crippen LogP contribution in [0.1, 0.15) is 15.9 Å². The molecule has 0 fully saturated rings. The number of phenolic OH excluding ortho intramolecular Hbond substituents is 1. The normalized spacial score (nSPS) is 9.31. The van der Waals surface area contributed by atoms with Crippen molar-refractivity contribution in [2.45, 2.75) is 0 Å². The molecule has 0 heterocycles. The highest BCUT2D eigenvalue weighted by atomic mass is 16.5. The zero-order valence-corrected chi connectivity index (χ0v) is 7.28. The maximum atomic E-state index is 10.5. The van der Waals surface area contributed by atoms with Crippen LogP contribution in [0.15, 0.2) is 18.7 Å². The van der Waals surface area contributed by atoms with E-state index in [1.165, 1.54) is 19.3 Å². The zero-order chi connectivity index (χ0) is 9.84. The summed E-state index contributed by atoms with van der Waals surface area (Å²) in [5.74, 6) is 0.280. The minimum Gasteiger partial charge on any atom is -0.504 e. The van der Waals surface area contributed by atoms with Gasteiger partial charge >= 0.3 is 0 Å². The molecule has 0 aliphatic heterocycles. The molecule has 0 aliphatic rings. The maximum absolute atomic E-state index is 10.5. The van der Waals surface area contributed by atoms with E-state index in [4.69, 9.17) is 4.74 Å². The second-order valence-corrected chi connectivity index (χ2v) is 2.44. The van der Waals surface area contributed by atoms with Gasteiger partial charge in [0, 0.05) is 11.1 Å². The lowest BCUT2D eigenvalue weighted by atomic mass is 10.1. The Bertz CT molecular complexity index is 342. The Morgan fingerprint density at radius 3 is 2.69 bits per heavy atom. The molecule has 1 aromatic carbocycles. The Morgan fingerprint density at radius 2 is 2.23 bits per heavy atom. The van der Waals surface area contributed by atoms with Crippen LogP contribution in [0.3, 0.4) is 0 Å². The molecule has 0 aliphatic carbocycles. The number of benzene rings is 1.